The third kappa shape index (κ3) is 4.39. The predicted molar refractivity (Wildman–Crippen MR) is 128 cm³/mol. The van der Waals surface area contributed by atoms with Gasteiger partial charge in [0.2, 0.25) is 5.91 Å². The summed E-state index contributed by atoms with van der Waals surface area (Å²) in [5, 5.41) is -0.380. The molecule has 0 spiro atoms. The van der Waals surface area contributed by atoms with E-state index in [0.29, 0.717) is 18.0 Å². The van der Waals surface area contributed by atoms with Crippen LogP contribution in [0.25, 0.3) is 11.8 Å². The summed E-state index contributed by atoms with van der Waals surface area (Å²) in [5.74, 6) is -0.539. The van der Waals surface area contributed by atoms with Crippen LogP contribution in [0.15, 0.2) is 29.2 Å². The fourth-order valence-corrected chi connectivity index (χ4v) is 5.40. The van der Waals surface area contributed by atoms with Gasteiger partial charge in [0, 0.05) is 30.2 Å². The molecule has 6 nitrogen and oxygen atoms in total. The lowest BCUT2D eigenvalue weighted by Gasteiger charge is -2.27. The quantitative estimate of drug-likeness (QED) is 0.629. The number of rotatable bonds is 4. The van der Waals surface area contributed by atoms with Gasteiger partial charge in [0.1, 0.15) is 6.54 Å². The molecule has 0 saturated carbocycles. The summed E-state index contributed by atoms with van der Waals surface area (Å²) >= 11 is 0.908. The van der Waals surface area contributed by atoms with Gasteiger partial charge >= 0.3 is 0 Å². The Morgan fingerprint density at radius 2 is 1.62 bits per heavy atom. The number of imide groups is 1. The largest absolute Gasteiger partial charge is 0.341 e. The molecular weight excluding hydrogens is 422 g/mol. The number of likely N-dealkylation sites (tertiary alicyclic amines) is 1. The second kappa shape index (κ2) is 8.98. The number of aromatic nitrogens is 1. The van der Waals surface area contributed by atoms with Crippen LogP contribution < -0.4 is 0 Å². The maximum atomic E-state index is 12.9. The molecule has 0 N–H and O–H groups in total. The highest BCUT2D eigenvalue weighted by Crippen LogP contribution is 2.34. The first kappa shape index (κ1) is 22.4. The number of hydrogen-bond donors (Lipinski definition) is 0. The van der Waals surface area contributed by atoms with E-state index in [1.54, 1.807) is 11.0 Å². The first-order chi connectivity index (χ1) is 15.2. The van der Waals surface area contributed by atoms with E-state index in [-0.39, 0.29) is 23.6 Å². The van der Waals surface area contributed by atoms with Gasteiger partial charge in [-0.1, -0.05) is 6.07 Å². The third-order valence-electron chi connectivity index (χ3n) is 6.10. The summed E-state index contributed by atoms with van der Waals surface area (Å²) in [5.41, 5.74) is 6.41. The van der Waals surface area contributed by atoms with E-state index in [4.69, 9.17) is 0 Å². The highest BCUT2D eigenvalue weighted by atomic mass is 32.2. The molecule has 7 heteroatoms. The van der Waals surface area contributed by atoms with E-state index in [1.165, 1.54) is 11.1 Å². The topological polar surface area (TPSA) is 62.6 Å². The van der Waals surface area contributed by atoms with Crippen molar-refractivity contribution in [2.24, 2.45) is 0 Å². The minimum Gasteiger partial charge on any atom is -0.341 e. The molecule has 2 aliphatic rings. The Bertz CT molecular complexity index is 1110. The Morgan fingerprint density at radius 1 is 0.969 bits per heavy atom. The fraction of sp³-hybridized carbons (Fsp3) is 0.400. The van der Waals surface area contributed by atoms with Crippen molar-refractivity contribution in [3.05, 3.63) is 57.2 Å². The standard InChI is InChI=1S/C25H29N3O3S/c1-16-10-17(2)12-21(11-16)28-18(3)13-20(19(28)4)14-22-24(30)27(25(31)32-22)15-23(29)26-8-6-5-7-9-26/h10-14H,5-9,15H2,1-4H3/b22-14-. The summed E-state index contributed by atoms with van der Waals surface area (Å²) in [4.78, 5) is 41.2. The Hall–Kier alpha value is -2.80. The molecule has 4 rings (SSSR count). The summed E-state index contributed by atoms with van der Waals surface area (Å²) < 4.78 is 2.16. The van der Waals surface area contributed by atoms with E-state index in [2.05, 4.69) is 36.6 Å². The van der Waals surface area contributed by atoms with Crippen molar-refractivity contribution in [1.29, 1.82) is 0 Å². The molecule has 2 aliphatic heterocycles. The normalized spacial score (nSPS) is 18.2. The van der Waals surface area contributed by atoms with Gasteiger partial charge < -0.3 is 9.47 Å². The van der Waals surface area contributed by atoms with Crippen LogP contribution in [0.3, 0.4) is 0 Å². The van der Waals surface area contributed by atoms with Gasteiger partial charge in [0.25, 0.3) is 11.1 Å². The number of aryl methyl sites for hydroxylation is 3. The van der Waals surface area contributed by atoms with Gasteiger partial charge in [0.05, 0.1) is 4.91 Å². The Morgan fingerprint density at radius 3 is 2.28 bits per heavy atom. The van der Waals surface area contributed by atoms with Crippen molar-refractivity contribution in [2.45, 2.75) is 47.0 Å². The van der Waals surface area contributed by atoms with Gasteiger partial charge in [-0.2, -0.15) is 0 Å². The summed E-state index contributed by atoms with van der Waals surface area (Å²) in [6, 6.07) is 8.44. The Labute approximate surface area is 193 Å². The zero-order chi connectivity index (χ0) is 23.0. The molecule has 1 aromatic heterocycles. The average molecular weight is 452 g/mol. The minimum absolute atomic E-state index is 0.152. The first-order valence-corrected chi connectivity index (χ1v) is 11.9. The number of thioether (sulfide) groups is 1. The zero-order valence-electron chi connectivity index (χ0n) is 19.1. The van der Waals surface area contributed by atoms with Crippen LogP contribution in [0.4, 0.5) is 4.79 Å². The molecule has 32 heavy (non-hydrogen) atoms. The van der Waals surface area contributed by atoms with Gasteiger partial charge in [-0.05, 0) is 99.7 Å². The second-order valence-corrected chi connectivity index (χ2v) is 9.71. The van der Waals surface area contributed by atoms with Crippen LogP contribution in [0.5, 0.6) is 0 Å². The van der Waals surface area contributed by atoms with E-state index in [9.17, 15) is 14.4 Å². The summed E-state index contributed by atoms with van der Waals surface area (Å²) in [7, 11) is 0. The zero-order valence-corrected chi connectivity index (χ0v) is 19.9. The Kier molecular flexibility index (Phi) is 6.29. The molecule has 2 saturated heterocycles. The Balaban J connectivity index is 1.57. The molecule has 1 aromatic carbocycles. The van der Waals surface area contributed by atoms with Crippen molar-refractivity contribution in [3.8, 4) is 5.69 Å². The number of carbonyl (C=O) groups excluding carboxylic acids is 3. The monoisotopic (exact) mass is 451 g/mol. The van der Waals surface area contributed by atoms with Gasteiger partial charge in [0.15, 0.2) is 0 Å². The van der Waals surface area contributed by atoms with Crippen molar-refractivity contribution < 1.29 is 14.4 Å². The van der Waals surface area contributed by atoms with Crippen LogP contribution in [0.1, 0.15) is 47.3 Å². The minimum atomic E-state index is -0.387. The van der Waals surface area contributed by atoms with E-state index in [1.807, 2.05) is 19.9 Å². The fourth-order valence-electron chi connectivity index (χ4n) is 4.57. The van der Waals surface area contributed by atoms with E-state index in [0.717, 1.165) is 58.6 Å². The second-order valence-electron chi connectivity index (χ2n) is 8.72. The maximum Gasteiger partial charge on any atom is 0.294 e. The SMILES string of the molecule is Cc1cc(C)cc(-n2c(C)cc(/C=C3\SC(=O)N(CC(=O)N4CCCCC4)C3=O)c2C)c1. The number of nitrogens with zero attached hydrogens (tertiary/aromatic N) is 3. The van der Waals surface area contributed by atoms with Crippen LogP contribution in [0, 0.1) is 27.7 Å². The number of benzene rings is 1. The summed E-state index contributed by atoms with van der Waals surface area (Å²) in [6.07, 6.45) is 4.85. The molecule has 3 heterocycles. The molecule has 3 amide bonds. The molecule has 168 valence electrons. The van der Waals surface area contributed by atoms with Crippen LogP contribution in [0.2, 0.25) is 0 Å². The lowest BCUT2D eigenvalue weighted by Crippen LogP contribution is -2.44. The molecule has 0 bridgehead atoms. The smallest absolute Gasteiger partial charge is 0.294 e. The van der Waals surface area contributed by atoms with Gasteiger partial charge in [-0.15, -0.1) is 0 Å². The number of piperidine rings is 1. The number of carbonyl (C=O) groups is 3. The van der Waals surface area contributed by atoms with E-state index < -0.39 is 0 Å². The number of amides is 3. The highest BCUT2D eigenvalue weighted by Gasteiger charge is 2.37. The lowest BCUT2D eigenvalue weighted by atomic mass is 10.1. The summed E-state index contributed by atoms with van der Waals surface area (Å²) in [6.45, 7) is 9.43. The van der Waals surface area contributed by atoms with Crippen molar-refractivity contribution >= 4 is 34.9 Å². The van der Waals surface area contributed by atoms with Crippen LogP contribution in [-0.4, -0.2) is 51.1 Å². The average Bonchev–Trinajstić information content (AvgIpc) is 3.17. The molecular formula is C25H29N3O3S. The van der Waals surface area contributed by atoms with Gasteiger partial charge in [-0.3, -0.25) is 19.3 Å². The van der Waals surface area contributed by atoms with Crippen LogP contribution in [-0.2, 0) is 9.59 Å². The van der Waals surface area contributed by atoms with Crippen molar-refractivity contribution in [3.63, 3.8) is 0 Å². The third-order valence-corrected chi connectivity index (χ3v) is 7.00. The first-order valence-electron chi connectivity index (χ1n) is 11.1. The molecule has 2 aromatic rings. The van der Waals surface area contributed by atoms with Crippen molar-refractivity contribution in [1.82, 2.24) is 14.4 Å². The number of hydrogen-bond acceptors (Lipinski definition) is 4. The van der Waals surface area contributed by atoms with E-state index >= 15 is 0 Å². The highest BCUT2D eigenvalue weighted by molar-refractivity contribution is 8.18. The van der Waals surface area contributed by atoms with Gasteiger partial charge in [-0.25, -0.2) is 0 Å². The molecule has 0 radical (unpaired) electrons. The molecule has 2 fully saturated rings. The van der Waals surface area contributed by atoms with Crippen molar-refractivity contribution in [2.75, 3.05) is 19.6 Å². The lowest BCUT2D eigenvalue weighted by molar-refractivity contribution is -0.136. The molecule has 0 aliphatic carbocycles. The predicted octanol–water partition coefficient (Wildman–Crippen LogP) is 4.76. The molecule has 0 atom stereocenters. The maximum absolute atomic E-state index is 12.9. The molecule has 0 unspecified atom stereocenters. The van der Waals surface area contributed by atoms with Crippen LogP contribution >= 0.6 is 11.8 Å².